The van der Waals surface area contributed by atoms with Crippen molar-refractivity contribution in [3.05, 3.63) is 23.9 Å². The molecular weight excluding hydrogens is 254 g/mol. The van der Waals surface area contributed by atoms with Gasteiger partial charge in [0, 0.05) is 26.7 Å². The Kier molecular flexibility index (Phi) is 7.65. The Hall–Kier alpha value is -1.62. The molecule has 1 aromatic heterocycles. The Balaban J connectivity index is 2.52. The number of carbonyl (C=O) groups excluding carboxylic acids is 1. The predicted molar refractivity (Wildman–Crippen MR) is 80.9 cm³/mol. The van der Waals surface area contributed by atoms with Crippen LogP contribution in [0, 0.1) is 0 Å². The molecule has 0 aliphatic heterocycles. The van der Waals surface area contributed by atoms with Crippen LogP contribution in [0.25, 0.3) is 0 Å². The number of amides is 1. The molecule has 0 radical (unpaired) electrons. The molecule has 1 heterocycles. The number of hydrogen-bond acceptors (Lipinski definition) is 4. The van der Waals surface area contributed by atoms with Gasteiger partial charge in [0.25, 0.3) is 5.91 Å². The summed E-state index contributed by atoms with van der Waals surface area (Å²) in [5.41, 5.74) is 0.468. The van der Waals surface area contributed by atoms with E-state index in [1.54, 1.807) is 18.0 Å². The van der Waals surface area contributed by atoms with Gasteiger partial charge < -0.3 is 15.3 Å². The quantitative estimate of drug-likeness (QED) is 0.680. The fourth-order valence-corrected chi connectivity index (χ4v) is 1.84. The van der Waals surface area contributed by atoms with Gasteiger partial charge in [0.15, 0.2) is 0 Å². The molecule has 0 atom stereocenters. The summed E-state index contributed by atoms with van der Waals surface area (Å²) >= 11 is 0. The SMILES string of the molecule is CCCNc1cccc(C(=O)N(C)CCCCCO)n1. The Morgan fingerprint density at radius 3 is 2.85 bits per heavy atom. The van der Waals surface area contributed by atoms with E-state index in [0.29, 0.717) is 12.2 Å². The third kappa shape index (κ3) is 5.57. The Morgan fingerprint density at radius 2 is 2.15 bits per heavy atom. The number of hydrogen-bond donors (Lipinski definition) is 2. The van der Waals surface area contributed by atoms with Crippen LogP contribution in [0.4, 0.5) is 5.82 Å². The van der Waals surface area contributed by atoms with E-state index in [9.17, 15) is 4.79 Å². The lowest BCUT2D eigenvalue weighted by Crippen LogP contribution is -2.28. The van der Waals surface area contributed by atoms with Crippen molar-refractivity contribution >= 4 is 11.7 Å². The van der Waals surface area contributed by atoms with E-state index in [1.807, 2.05) is 12.1 Å². The van der Waals surface area contributed by atoms with Crippen LogP contribution in [-0.2, 0) is 0 Å². The van der Waals surface area contributed by atoms with Crippen molar-refractivity contribution in [1.82, 2.24) is 9.88 Å². The highest BCUT2D eigenvalue weighted by Gasteiger charge is 2.13. The van der Waals surface area contributed by atoms with Crippen LogP contribution >= 0.6 is 0 Å². The second kappa shape index (κ2) is 9.31. The second-order valence-corrected chi connectivity index (χ2v) is 4.85. The maximum atomic E-state index is 12.2. The van der Waals surface area contributed by atoms with Crippen LogP contribution in [0.3, 0.4) is 0 Å². The van der Waals surface area contributed by atoms with Gasteiger partial charge >= 0.3 is 0 Å². The van der Waals surface area contributed by atoms with Crippen molar-refractivity contribution in [2.24, 2.45) is 0 Å². The van der Waals surface area contributed by atoms with Gasteiger partial charge in [-0.2, -0.15) is 0 Å². The summed E-state index contributed by atoms with van der Waals surface area (Å²) in [5.74, 6) is 0.681. The van der Waals surface area contributed by atoms with E-state index in [-0.39, 0.29) is 12.5 Å². The van der Waals surface area contributed by atoms with Crippen molar-refractivity contribution < 1.29 is 9.90 Å². The Labute approximate surface area is 121 Å². The maximum Gasteiger partial charge on any atom is 0.272 e. The van der Waals surface area contributed by atoms with E-state index >= 15 is 0 Å². The topological polar surface area (TPSA) is 65.5 Å². The van der Waals surface area contributed by atoms with Gasteiger partial charge in [-0.25, -0.2) is 4.98 Å². The highest BCUT2D eigenvalue weighted by Crippen LogP contribution is 2.08. The maximum absolute atomic E-state index is 12.2. The van der Waals surface area contributed by atoms with Crippen LogP contribution in [0.15, 0.2) is 18.2 Å². The van der Waals surface area contributed by atoms with Crippen molar-refractivity contribution in [3.63, 3.8) is 0 Å². The van der Waals surface area contributed by atoms with Crippen LogP contribution < -0.4 is 5.32 Å². The molecule has 0 bridgehead atoms. The van der Waals surface area contributed by atoms with Crippen molar-refractivity contribution in [2.45, 2.75) is 32.6 Å². The first-order valence-electron chi connectivity index (χ1n) is 7.26. The molecule has 5 nitrogen and oxygen atoms in total. The highest BCUT2D eigenvalue weighted by atomic mass is 16.2. The minimum Gasteiger partial charge on any atom is -0.396 e. The van der Waals surface area contributed by atoms with E-state index in [2.05, 4.69) is 17.2 Å². The number of anilines is 1. The number of pyridine rings is 1. The average Bonchev–Trinajstić information content (AvgIpc) is 2.48. The fraction of sp³-hybridized carbons (Fsp3) is 0.600. The summed E-state index contributed by atoms with van der Waals surface area (Å²) in [7, 11) is 1.79. The summed E-state index contributed by atoms with van der Waals surface area (Å²) in [6.07, 6.45) is 3.64. The summed E-state index contributed by atoms with van der Waals surface area (Å²) in [5, 5.41) is 11.9. The van der Waals surface area contributed by atoms with Crippen LogP contribution in [0.2, 0.25) is 0 Å². The van der Waals surface area contributed by atoms with Gasteiger partial charge in [-0.3, -0.25) is 4.79 Å². The molecule has 0 aromatic carbocycles. The lowest BCUT2D eigenvalue weighted by atomic mass is 10.2. The highest BCUT2D eigenvalue weighted by molar-refractivity contribution is 5.92. The number of aliphatic hydroxyl groups excluding tert-OH is 1. The molecule has 1 aromatic rings. The number of rotatable bonds is 9. The number of nitrogens with zero attached hydrogens (tertiary/aromatic N) is 2. The summed E-state index contributed by atoms with van der Waals surface area (Å²) in [6, 6.07) is 5.45. The molecule has 112 valence electrons. The number of aliphatic hydroxyl groups is 1. The Morgan fingerprint density at radius 1 is 1.35 bits per heavy atom. The zero-order valence-electron chi connectivity index (χ0n) is 12.4. The van der Waals surface area contributed by atoms with Gasteiger partial charge in [0.05, 0.1) is 0 Å². The smallest absolute Gasteiger partial charge is 0.272 e. The minimum atomic E-state index is -0.0610. The molecular formula is C15H25N3O2. The molecule has 0 spiro atoms. The van der Waals surface area contributed by atoms with E-state index < -0.39 is 0 Å². The molecule has 20 heavy (non-hydrogen) atoms. The van der Waals surface area contributed by atoms with Gasteiger partial charge in [0.2, 0.25) is 0 Å². The molecule has 0 aliphatic carbocycles. The van der Waals surface area contributed by atoms with E-state index in [0.717, 1.165) is 38.0 Å². The first-order valence-corrected chi connectivity index (χ1v) is 7.26. The van der Waals surface area contributed by atoms with Gasteiger partial charge in [-0.05, 0) is 37.8 Å². The molecule has 0 saturated carbocycles. The number of unbranched alkanes of at least 4 members (excludes halogenated alkanes) is 2. The first-order chi connectivity index (χ1) is 9.69. The minimum absolute atomic E-state index is 0.0610. The summed E-state index contributed by atoms with van der Waals surface area (Å²) < 4.78 is 0. The predicted octanol–water partition coefficient (Wildman–Crippen LogP) is 2.14. The molecule has 5 heteroatoms. The van der Waals surface area contributed by atoms with Crippen LogP contribution in [-0.4, -0.2) is 47.6 Å². The molecule has 0 aliphatic rings. The van der Waals surface area contributed by atoms with Gasteiger partial charge in [-0.15, -0.1) is 0 Å². The number of aromatic nitrogens is 1. The van der Waals surface area contributed by atoms with Crippen molar-refractivity contribution in [3.8, 4) is 0 Å². The molecule has 0 fully saturated rings. The normalized spacial score (nSPS) is 10.3. The monoisotopic (exact) mass is 279 g/mol. The van der Waals surface area contributed by atoms with Crippen molar-refractivity contribution in [1.29, 1.82) is 0 Å². The lowest BCUT2D eigenvalue weighted by molar-refractivity contribution is 0.0786. The summed E-state index contributed by atoms with van der Waals surface area (Å²) in [4.78, 5) is 18.2. The molecule has 1 amide bonds. The van der Waals surface area contributed by atoms with Crippen LogP contribution in [0.5, 0.6) is 0 Å². The van der Waals surface area contributed by atoms with E-state index in [1.165, 1.54) is 0 Å². The average molecular weight is 279 g/mol. The molecule has 0 unspecified atom stereocenters. The standard InChI is InChI=1S/C15H25N3O2/c1-3-10-16-14-9-7-8-13(17-14)15(20)18(2)11-5-4-6-12-19/h7-9,19H,3-6,10-12H2,1-2H3,(H,16,17). The number of carbonyl (C=O) groups is 1. The first kappa shape index (κ1) is 16.4. The van der Waals surface area contributed by atoms with Crippen molar-refractivity contribution in [2.75, 3.05) is 32.1 Å². The molecule has 2 N–H and O–H groups in total. The largest absolute Gasteiger partial charge is 0.396 e. The van der Waals surface area contributed by atoms with Gasteiger partial charge in [-0.1, -0.05) is 13.0 Å². The van der Waals surface area contributed by atoms with Crippen LogP contribution in [0.1, 0.15) is 43.1 Å². The van der Waals surface area contributed by atoms with Gasteiger partial charge in [0.1, 0.15) is 11.5 Å². The Bertz CT molecular complexity index is 410. The summed E-state index contributed by atoms with van der Waals surface area (Å²) in [6.45, 7) is 3.83. The fourth-order valence-electron chi connectivity index (χ4n) is 1.84. The lowest BCUT2D eigenvalue weighted by Gasteiger charge is -2.17. The third-order valence-corrected chi connectivity index (χ3v) is 3.02. The number of nitrogens with one attached hydrogen (secondary N) is 1. The molecule has 1 rings (SSSR count). The second-order valence-electron chi connectivity index (χ2n) is 4.85. The molecule has 0 saturated heterocycles. The van der Waals surface area contributed by atoms with E-state index in [4.69, 9.17) is 5.11 Å². The zero-order chi connectivity index (χ0) is 14.8. The third-order valence-electron chi connectivity index (χ3n) is 3.02. The zero-order valence-corrected chi connectivity index (χ0v) is 12.4.